The van der Waals surface area contributed by atoms with Crippen molar-refractivity contribution in [2.75, 3.05) is 18.0 Å². The summed E-state index contributed by atoms with van der Waals surface area (Å²) in [5.41, 5.74) is 7.27. The Bertz CT molecular complexity index is 407. The van der Waals surface area contributed by atoms with Crippen molar-refractivity contribution in [1.29, 1.82) is 0 Å². The van der Waals surface area contributed by atoms with Crippen LogP contribution >= 0.6 is 11.6 Å². The summed E-state index contributed by atoms with van der Waals surface area (Å²) in [6.07, 6.45) is 1.02. The monoisotopic (exact) mass is 255 g/mol. The summed E-state index contributed by atoms with van der Waals surface area (Å²) >= 11 is 6.00. The van der Waals surface area contributed by atoms with Gasteiger partial charge in [0.15, 0.2) is 5.84 Å². The average molecular weight is 256 g/mol. The first-order chi connectivity index (χ1) is 8.13. The van der Waals surface area contributed by atoms with Gasteiger partial charge in [0.25, 0.3) is 0 Å². The Morgan fingerprint density at radius 1 is 1.47 bits per heavy atom. The van der Waals surface area contributed by atoms with E-state index in [4.69, 9.17) is 22.5 Å². The highest BCUT2D eigenvalue weighted by Gasteiger charge is 2.12. The molecule has 0 aliphatic rings. The molecule has 0 atom stereocenters. The molecule has 0 bridgehead atoms. The van der Waals surface area contributed by atoms with E-state index >= 15 is 0 Å². The van der Waals surface area contributed by atoms with Crippen molar-refractivity contribution in [3.63, 3.8) is 0 Å². The van der Waals surface area contributed by atoms with Gasteiger partial charge in [-0.1, -0.05) is 23.7 Å². The van der Waals surface area contributed by atoms with Gasteiger partial charge in [-0.3, -0.25) is 0 Å². The molecule has 1 rings (SSSR count). The molecule has 5 heteroatoms. The van der Waals surface area contributed by atoms with E-state index in [1.807, 2.05) is 6.07 Å². The highest BCUT2D eigenvalue weighted by Crippen LogP contribution is 2.25. The Morgan fingerprint density at radius 2 is 2.18 bits per heavy atom. The van der Waals surface area contributed by atoms with Gasteiger partial charge in [0.2, 0.25) is 0 Å². The Hall–Kier alpha value is -1.42. The van der Waals surface area contributed by atoms with E-state index in [9.17, 15) is 0 Å². The second-order valence-corrected chi connectivity index (χ2v) is 4.16. The van der Waals surface area contributed by atoms with Crippen LogP contribution in [-0.4, -0.2) is 24.1 Å². The number of hydrogen-bond acceptors (Lipinski definition) is 3. The molecule has 1 aromatic carbocycles. The number of nitrogens with zero attached hydrogens (tertiary/aromatic N) is 2. The lowest BCUT2D eigenvalue weighted by Gasteiger charge is -2.25. The summed E-state index contributed by atoms with van der Waals surface area (Å²) in [6.45, 7) is 5.92. The van der Waals surface area contributed by atoms with Gasteiger partial charge >= 0.3 is 0 Å². The smallest absolute Gasteiger partial charge is 0.172 e. The number of halogens is 1. The second-order valence-electron chi connectivity index (χ2n) is 3.73. The molecule has 0 aliphatic carbocycles. The van der Waals surface area contributed by atoms with Crippen molar-refractivity contribution >= 4 is 23.1 Å². The molecule has 17 heavy (non-hydrogen) atoms. The van der Waals surface area contributed by atoms with Gasteiger partial charge in [-0.15, -0.1) is 0 Å². The second kappa shape index (κ2) is 6.35. The number of rotatable bonds is 5. The molecule has 0 fully saturated rings. The SMILES string of the molecule is CCCN(CC)c1cc(Cl)ccc1C(N)=NO. The summed E-state index contributed by atoms with van der Waals surface area (Å²) < 4.78 is 0. The van der Waals surface area contributed by atoms with Crippen LogP contribution in [0.5, 0.6) is 0 Å². The Labute approximate surface area is 107 Å². The number of oxime groups is 1. The normalized spacial score (nSPS) is 11.6. The summed E-state index contributed by atoms with van der Waals surface area (Å²) in [5, 5.41) is 12.5. The van der Waals surface area contributed by atoms with Crippen molar-refractivity contribution < 1.29 is 5.21 Å². The van der Waals surface area contributed by atoms with E-state index in [2.05, 4.69) is 23.9 Å². The molecule has 0 aromatic heterocycles. The molecule has 0 saturated carbocycles. The van der Waals surface area contributed by atoms with Crippen molar-refractivity contribution in [3.05, 3.63) is 28.8 Å². The number of benzene rings is 1. The van der Waals surface area contributed by atoms with Gasteiger partial charge in [-0.2, -0.15) is 0 Å². The minimum atomic E-state index is 0.103. The van der Waals surface area contributed by atoms with Crippen LogP contribution in [-0.2, 0) is 0 Å². The largest absolute Gasteiger partial charge is 0.409 e. The number of hydrogen-bond donors (Lipinski definition) is 2. The van der Waals surface area contributed by atoms with Crippen LogP contribution < -0.4 is 10.6 Å². The first-order valence-electron chi connectivity index (χ1n) is 5.66. The lowest BCUT2D eigenvalue weighted by molar-refractivity contribution is 0.318. The molecular weight excluding hydrogens is 238 g/mol. The molecule has 0 saturated heterocycles. The predicted octanol–water partition coefficient (Wildman–Crippen LogP) is 2.67. The van der Waals surface area contributed by atoms with Crippen LogP contribution in [0.4, 0.5) is 5.69 Å². The number of nitrogens with two attached hydrogens (primary N) is 1. The van der Waals surface area contributed by atoms with Crippen molar-refractivity contribution in [2.24, 2.45) is 10.9 Å². The van der Waals surface area contributed by atoms with Gasteiger partial charge in [-0.25, -0.2) is 0 Å². The van der Waals surface area contributed by atoms with Crippen LogP contribution in [0.15, 0.2) is 23.4 Å². The fourth-order valence-corrected chi connectivity index (χ4v) is 1.92. The number of anilines is 1. The molecule has 0 aliphatic heterocycles. The summed E-state index contributed by atoms with van der Waals surface area (Å²) in [6, 6.07) is 5.34. The van der Waals surface area contributed by atoms with E-state index in [1.165, 1.54) is 0 Å². The van der Waals surface area contributed by atoms with Crippen LogP contribution in [0.3, 0.4) is 0 Å². The maximum absolute atomic E-state index is 8.78. The minimum absolute atomic E-state index is 0.103. The molecule has 3 N–H and O–H groups in total. The zero-order valence-corrected chi connectivity index (χ0v) is 10.9. The average Bonchev–Trinajstić information content (AvgIpc) is 2.35. The molecule has 0 heterocycles. The fraction of sp³-hybridized carbons (Fsp3) is 0.417. The van der Waals surface area contributed by atoms with Gasteiger partial charge in [0, 0.05) is 29.4 Å². The molecule has 0 unspecified atom stereocenters. The topological polar surface area (TPSA) is 61.8 Å². The summed E-state index contributed by atoms with van der Waals surface area (Å²) in [7, 11) is 0. The van der Waals surface area contributed by atoms with E-state index in [0.29, 0.717) is 10.6 Å². The van der Waals surface area contributed by atoms with Crippen LogP contribution in [0.2, 0.25) is 5.02 Å². The summed E-state index contributed by atoms with van der Waals surface area (Å²) in [5.74, 6) is 0.103. The van der Waals surface area contributed by atoms with Gasteiger partial charge in [0.1, 0.15) is 0 Å². The van der Waals surface area contributed by atoms with Gasteiger partial charge < -0.3 is 15.8 Å². The van der Waals surface area contributed by atoms with Gasteiger partial charge in [-0.05, 0) is 31.5 Å². The van der Waals surface area contributed by atoms with E-state index in [1.54, 1.807) is 12.1 Å². The highest BCUT2D eigenvalue weighted by atomic mass is 35.5. The zero-order valence-electron chi connectivity index (χ0n) is 10.2. The Balaban J connectivity index is 3.22. The standard InChI is InChI=1S/C12H18ClN3O/c1-3-7-16(4-2)11-8-9(13)5-6-10(11)12(14)15-17/h5-6,8,17H,3-4,7H2,1-2H3,(H2,14,15). The van der Waals surface area contributed by atoms with E-state index < -0.39 is 0 Å². The lowest BCUT2D eigenvalue weighted by atomic mass is 10.1. The quantitative estimate of drug-likeness (QED) is 0.368. The van der Waals surface area contributed by atoms with E-state index in [-0.39, 0.29) is 5.84 Å². The highest BCUT2D eigenvalue weighted by molar-refractivity contribution is 6.31. The van der Waals surface area contributed by atoms with Crippen LogP contribution in [0.25, 0.3) is 0 Å². The minimum Gasteiger partial charge on any atom is -0.409 e. The molecule has 94 valence electrons. The third-order valence-corrected chi connectivity index (χ3v) is 2.79. The van der Waals surface area contributed by atoms with Gasteiger partial charge in [0.05, 0.1) is 0 Å². The molecule has 0 amide bonds. The van der Waals surface area contributed by atoms with Crippen molar-refractivity contribution in [2.45, 2.75) is 20.3 Å². The van der Waals surface area contributed by atoms with Crippen molar-refractivity contribution in [1.82, 2.24) is 0 Å². The first-order valence-corrected chi connectivity index (χ1v) is 6.04. The molecule has 0 radical (unpaired) electrons. The maximum atomic E-state index is 8.78. The van der Waals surface area contributed by atoms with Crippen LogP contribution in [0, 0.1) is 0 Å². The molecule has 1 aromatic rings. The lowest BCUT2D eigenvalue weighted by Crippen LogP contribution is -2.27. The third-order valence-electron chi connectivity index (χ3n) is 2.56. The number of amidine groups is 1. The molecule has 0 spiro atoms. The Morgan fingerprint density at radius 3 is 2.71 bits per heavy atom. The fourth-order valence-electron chi connectivity index (χ4n) is 1.76. The summed E-state index contributed by atoms with van der Waals surface area (Å²) in [4.78, 5) is 2.15. The molecular formula is C12H18ClN3O. The molecule has 4 nitrogen and oxygen atoms in total. The third kappa shape index (κ3) is 3.27. The van der Waals surface area contributed by atoms with Crippen molar-refractivity contribution in [3.8, 4) is 0 Å². The zero-order chi connectivity index (χ0) is 12.8. The Kier molecular flexibility index (Phi) is 5.10. The predicted molar refractivity (Wildman–Crippen MR) is 72.1 cm³/mol. The van der Waals surface area contributed by atoms with E-state index in [0.717, 1.165) is 25.2 Å². The first kappa shape index (κ1) is 13.6. The maximum Gasteiger partial charge on any atom is 0.172 e. The van der Waals surface area contributed by atoms with Crippen LogP contribution in [0.1, 0.15) is 25.8 Å².